The quantitative estimate of drug-likeness (QED) is 0.162. The molecule has 9 aromatic carbocycles. The standard InChI is InChI=1S/C52H36N2/c1-4-15-39(16-5-1)49-35-41(28-32-47(49)42-25-24-37-14-10-11-17-40(37)34-42)38-26-29-45(30-27-38)53(43-18-6-2-7-19-43)46-31-33-52-50(36-46)48-22-12-13-23-51(48)54(52)44-20-8-3-9-21-44/h1-36H. The smallest absolute Gasteiger partial charge is 0.0542 e. The summed E-state index contributed by atoms with van der Waals surface area (Å²) in [5, 5.41) is 4.97. The number of para-hydroxylation sites is 3. The predicted octanol–water partition coefficient (Wildman–Crippen LogP) is 14.4. The first-order chi connectivity index (χ1) is 26.8. The van der Waals surface area contributed by atoms with Crippen molar-refractivity contribution >= 4 is 49.6 Å². The minimum absolute atomic E-state index is 1.10. The van der Waals surface area contributed by atoms with Gasteiger partial charge in [0.2, 0.25) is 0 Å². The van der Waals surface area contributed by atoms with Gasteiger partial charge in [-0.2, -0.15) is 0 Å². The van der Waals surface area contributed by atoms with Crippen molar-refractivity contribution in [3.05, 3.63) is 218 Å². The Morgan fingerprint density at radius 2 is 0.889 bits per heavy atom. The van der Waals surface area contributed by atoms with Crippen molar-refractivity contribution in [2.24, 2.45) is 0 Å². The largest absolute Gasteiger partial charge is 0.310 e. The molecule has 2 nitrogen and oxygen atoms in total. The van der Waals surface area contributed by atoms with Crippen LogP contribution in [0.15, 0.2) is 218 Å². The fraction of sp³-hybridized carbons (Fsp3) is 0. The Hall–Kier alpha value is -7.16. The topological polar surface area (TPSA) is 8.17 Å². The van der Waals surface area contributed by atoms with Crippen LogP contribution in [0.4, 0.5) is 17.1 Å². The van der Waals surface area contributed by atoms with Crippen molar-refractivity contribution in [2.45, 2.75) is 0 Å². The Morgan fingerprint density at radius 1 is 0.296 bits per heavy atom. The van der Waals surface area contributed by atoms with Crippen molar-refractivity contribution in [2.75, 3.05) is 4.90 Å². The van der Waals surface area contributed by atoms with Crippen molar-refractivity contribution in [1.82, 2.24) is 4.57 Å². The van der Waals surface area contributed by atoms with E-state index in [0.29, 0.717) is 0 Å². The highest BCUT2D eigenvalue weighted by Gasteiger charge is 2.18. The monoisotopic (exact) mass is 688 g/mol. The Labute approximate surface area is 315 Å². The summed E-state index contributed by atoms with van der Waals surface area (Å²) in [4.78, 5) is 2.36. The summed E-state index contributed by atoms with van der Waals surface area (Å²) in [7, 11) is 0. The van der Waals surface area contributed by atoms with Gasteiger partial charge >= 0.3 is 0 Å². The lowest BCUT2D eigenvalue weighted by atomic mass is 9.90. The summed E-state index contributed by atoms with van der Waals surface area (Å²) in [5.74, 6) is 0. The molecule has 0 atom stereocenters. The average Bonchev–Trinajstić information content (AvgIpc) is 3.58. The first kappa shape index (κ1) is 31.6. The second-order valence-corrected chi connectivity index (χ2v) is 13.8. The van der Waals surface area contributed by atoms with Crippen molar-refractivity contribution < 1.29 is 0 Å². The molecule has 10 rings (SSSR count). The minimum atomic E-state index is 1.10. The number of nitrogens with zero attached hydrogens (tertiary/aromatic N) is 2. The molecule has 254 valence electrons. The van der Waals surface area contributed by atoms with Gasteiger partial charge < -0.3 is 9.47 Å². The second-order valence-electron chi connectivity index (χ2n) is 13.8. The van der Waals surface area contributed by atoms with Gasteiger partial charge in [0.25, 0.3) is 0 Å². The highest BCUT2D eigenvalue weighted by Crippen LogP contribution is 2.41. The summed E-state index contributed by atoms with van der Waals surface area (Å²) >= 11 is 0. The van der Waals surface area contributed by atoms with E-state index in [4.69, 9.17) is 0 Å². The molecule has 54 heavy (non-hydrogen) atoms. The van der Waals surface area contributed by atoms with E-state index in [1.807, 2.05) is 0 Å². The summed E-state index contributed by atoms with van der Waals surface area (Å²) in [6, 6.07) is 78.9. The molecule has 0 N–H and O–H groups in total. The molecule has 0 radical (unpaired) electrons. The number of fused-ring (bicyclic) bond motifs is 4. The number of rotatable bonds is 7. The van der Waals surface area contributed by atoms with Gasteiger partial charge in [-0.05, 0) is 117 Å². The van der Waals surface area contributed by atoms with Crippen LogP contribution in [0, 0.1) is 0 Å². The molecule has 0 saturated heterocycles. The second kappa shape index (κ2) is 13.4. The highest BCUT2D eigenvalue weighted by molar-refractivity contribution is 6.10. The summed E-state index contributed by atoms with van der Waals surface area (Å²) < 4.78 is 2.37. The summed E-state index contributed by atoms with van der Waals surface area (Å²) in [5.41, 5.74) is 14.1. The van der Waals surface area contributed by atoms with E-state index in [0.717, 1.165) is 22.7 Å². The van der Waals surface area contributed by atoms with Gasteiger partial charge in [-0.3, -0.25) is 0 Å². The van der Waals surface area contributed by atoms with Crippen LogP contribution in [0.25, 0.3) is 71.6 Å². The lowest BCUT2D eigenvalue weighted by Gasteiger charge is -2.26. The van der Waals surface area contributed by atoms with E-state index in [-0.39, 0.29) is 0 Å². The van der Waals surface area contributed by atoms with Crippen molar-refractivity contribution in [3.63, 3.8) is 0 Å². The third-order valence-electron chi connectivity index (χ3n) is 10.6. The molecule has 2 heteroatoms. The molecule has 0 unspecified atom stereocenters. The number of hydrogen-bond donors (Lipinski definition) is 0. The third-order valence-corrected chi connectivity index (χ3v) is 10.6. The van der Waals surface area contributed by atoms with Crippen LogP contribution >= 0.6 is 0 Å². The van der Waals surface area contributed by atoms with Gasteiger partial charge in [0, 0.05) is 33.5 Å². The fourth-order valence-electron chi connectivity index (χ4n) is 7.97. The molecule has 0 saturated carbocycles. The highest BCUT2D eigenvalue weighted by atomic mass is 15.1. The predicted molar refractivity (Wildman–Crippen MR) is 229 cm³/mol. The number of anilines is 3. The van der Waals surface area contributed by atoms with E-state index in [1.54, 1.807) is 0 Å². The van der Waals surface area contributed by atoms with Gasteiger partial charge in [-0.15, -0.1) is 0 Å². The zero-order valence-corrected chi connectivity index (χ0v) is 29.7. The molecule has 0 amide bonds. The maximum absolute atomic E-state index is 2.37. The molecule has 0 aliphatic rings. The molecule has 1 heterocycles. The number of aromatic nitrogens is 1. The molecular formula is C52H36N2. The average molecular weight is 689 g/mol. The molecule has 0 bridgehead atoms. The van der Waals surface area contributed by atoms with Crippen molar-refractivity contribution in [3.8, 4) is 39.1 Å². The maximum atomic E-state index is 2.37. The zero-order valence-electron chi connectivity index (χ0n) is 29.7. The maximum Gasteiger partial charge on any atom is 0.0542 e. The number of hydrogen-bond acceptors (Lipinski definition) is 1. The Balaban J connectivity index is 1.07. The van der Waals surface area contributed by atoms with Gasteiger partial charge in [-0.1, -0.05) is 146 Å². The van der Waals surface area contributed by atoms with Crippen LogP contribution in [-0.4, -0.2) is 4.57 Å². The van der Waals surface area contributed by atoms with Gasteiger partial charge in [0.1, 0.15) is 0 Å². The van der Waals surface area contributed by atoms with E-state index in [2.05, 4.69) is 228 Å². The summed E-state index contributed by atoms with van der Waals surface area (Å²) in [6.45, 7) is 0. The van der Waals surface area contributed by atoms with Gasteiger partial charge in [-0.25, -0.2) is 0 Å². The lowest BCUT2D eigenvalue weighted by molar-refractivity contribution is 1.18. The van der Waals surface area contributed by atoms with Crippen LogP contribution in [0.5, 0.6) is 0 Å². The SMILES string of the molecule is c1ccc(-c2cc(-c3ccc(N(c4ccccc4)c4ccc5c(c4)c4ccccc4n5-c4ccccc4)cc3)ccc2-c2ccc3ccccc3c2)cc1. The van der Waals surface area contributed by atoms with E-state index < -0.39 is 0 Å². The summed E-state index contributed by atoms with van der Waals surface area (Å²) in [6.07, 6.45) is 0. The van der Waals surface area contributed by atoms with Crippen molar-refractivity contribution in [1.29, 1.82) is 0 Å². The minimum Gasteiger partial charge on any atom is -0.310 e. The van der Waals surface area contributed by atoms with Crippen LogP contribution in [0.1, 0.15) is 0 Å². The molecule has 0 spiro atoms. The molecule has 0 aliphatic heterocycles. The Kier molecular flexibility index (Phi) is 7.85. The molecule has 0 fully saturated rings. The van der Waals surface area contributed by atoms with E-state index >= 15 is 0 Å². The normalized spacial score (nSPS) is 11.3. The van der Waals surface area contributed by atoms with E-state index in [1.165, 1.54) is 66.0 Å². The van der Waals surface area contributed by atoms with Gasteiger partial charge in [0.15, 0.2) is 0 Å². The fourth-order valence-corrected chi connectivity index (χ4v) is 7.97. The first-order valence-electron chi connectivity index (χ1n) is 18.5. The molecule has 0 aliphatic carbocycles. The Morgan fingerprint density at radius 3 is 1.69 bits per heavy atom. The molecule has 1 aromatic heterocycles. The zero-order chi connectivity index (χ0) is 35.8. The lowest BCUT2D eigenvalue weighted by Crippen LogP contribution is -2.09. The number of benzene rings is 9. The molecular weight excluding hydrogens is 653 g/mol. The van der Waals surface area contributed by atoms with Crippen LogP contribution in [0.3, 0.4) is 0 Å². The molecule has 10 aromatic rings. The van der Waals surface area contributed by atoms with E-state index in [9.17, 15) is 0 Å². The Bertz CT molecular complexity index is 2910. The van der Waals surface area contributed by atoms with Crippen LogP contribution in [-0.2, 0) is 0 Å². The van der Waals surface area contributed by atoms with Crippen LogP contribution < -0.4 is 4.90 Å². The van der Waals surface area contributed by atoms with Crippen LogP contribution in [0.2, 0.25) is 0 Å². The third kappa shape index (κ3) is 5.62. The van der Waals surface area contributed by atoms with Gasteiger partial charge in [0.05, 0.1) is 11.0 Å². The first-order valence-corrected chi connectivity index (χ1v) is 18.5.